The monoisotopic (exact) mass is 317 g/mol. The number of hydrogen-bond donors (Lipinski definition) is 0. The molecule has 0 aromatic heterocycles. The fraction of sp³-hybridized carbons (Fsp3) is 0.533. The first-order valence-corrected chi connectivity index (χ1v) is 7.92. The third-order valence-corrected chi connectivity index (χ3v) is 4.55. The Hall–Kier alpha value is -1.17. The van der Waals surface area contributed by atoms with E-state index in [4.69, 9.17) is 0 Å². The van der Waals surface area contributed by atoms with E-state index in [2.05, 4.69) is 0 Å². The van der Waals surface area contributed by atoms with Gasteiger partial charge in [0.25, 0.3) is 0 Å². The number of amides is 1. The summed E-state index contributed by atoms with van der Waals surface area (Å²) in [5.74, 6) is 1.01. The number of benzene rings is 1. The maximum atomic E-state index is 12.8. The van der Waals surface area contributed by atoms with Gasteiger partial charge in [-0.3, -0.25) is 4.79 Å². The topological polar surface area (TPSA) is 20.3 Å². The quantitative estimate of drug-likeness (QED) is 0.827. The van der Waals surface area contributed by atoms with Gasteiger partial charge in [0.2, 0.25) is 5.91 Å². The largest absolute Gasteiger partial charge is 0.416 e. The smallest absolute Gasteiger partial charge is 0.326 e. The number of alkyl halides is 3. The van der Waals surface area contributed by atoms with Gasteiger partial charge in [0.05, 0.1) is 5.56 Å². The van der Waals surface area contributed by atoms with Crippen LogP contribution in [0.4, 0.5) is 13.2 Å². The van der Waals surface area contributed by atoms with Crippen LogP contribution in [0.15, 0.2) is 24.3 Å². The Balaban J connectivity index is 2.22. The van der Waals surface area contributed by atoms with Crippen molar-refractivity contribution in [1.82, 2.24) is 4.90 Å². The molecule has 0 radical (unpaired) electrons. The molecule has 1 saturated heterocycles. The second-order valence-corrected chi connectivity index (χ2v) is 6.72. The second kappa shape index (κ2) is 6.30. The van der Waals surface area contributed by atoms with Crippen LogP contribution in [0.2, 0.25) is 0 Å². The van der Waals surface area contributed by atoms with Gasteiger partial charge in [0, 0.05) is 18.7 Å². The molecular weight excluding hydrogens is 299 g/mol. The zero-order valence-electron chi connectivity index (χ0n) is 12.0. The highest BCUT2D eigenvalue weighted by Crippen LogP contribution is 2.40. The van der Waals surface area contributed by atoms with Crippen LogP contribution in [0.1, 0.15) is 36.8 Å². The van der Waals surface area contributed by atoms with Crippen molar-refractivity contribution in [2.75, 3.05) is 12.3 Å². The molecule has 0 aliphatic carbocycles. The Labute approximate surface area is 126 Å². The Morgan fingerprint density at radius 1 is 1.43 bits per heavy atom. The first-order valence-electron chi connectivity index (χ1n) is 6.87. The highest BCUT2D eigenvalue weighted by molar-refractivity contribution is 7.99. The number of hydrogen-bond acceptors (Lipinski definition) is 2. The third-order valence-electron chi connectivity index (χ3n) is 3.29. The fourth-order valence-corrected chi connectivity index (χ4v) is 3.60. The molecule has 2 nitrogen and oxygen atoms in total. The molecule has 0 bridgehead atoms. The third kappa shape index (κ3) is 3.93. The van der Waals surface area contributed by atoms with E-state index < -0.39 is 11.7 Å². The molecule has 0 N–H and O–H groups in total. The minimum Gasteiger partial charge on any atom is -0.326 e. The van der Waals surface area contributed by atoms with Crippen LogP contribution in [-0.2, 0) is 11.0 Å². The summed E-state index contributed by atoms with van der Waals surface area (Å²) in [5.41, 5.74) is -0.117. The van der Waals surface area contributed by atoms with Gasteiger partial charge in [-0.1, -0.05) is 26.0 Å². The van der Waals surface area contributed by atoms with Crippen LogP contribution < -0.4 is 0 Å². The molecule has 2 rings (SSSR count). The standard InChI is InChI=1S/C15H18F3NOS/c1-10(2)8-13(20)19-6-7-21-14(19)11-4-3-5-12(9-11)15(16,17)18/h3-5,9-10,14H,6-8H2,1-2H3/t14-/m1/s1. The molecule has 0 spiro atoms. The Kier molecular flexibility index (Phi) is 4.86. The first-order chi connectivity index (χ1) is 9.79. The Bertz CT molecular complexity index is 516. The number of rotatable bonds is 3. The maximum Gasteiger partial charge on any atom is 0.416 e. The van der Waals surface area contributed by atoms with E-state index in [1.807, 2.05) is 13.8 Å². The van der Waals surface area contributed by atoms with Crippen LogP contribution in [0.3, 0.4) is 0 Å². The van der Waals surface area contributed by atoms with Gasteiger partial charge in [0.15, 0.2) is 0 Å². The molecule has 1 fully saturated rings. The van der Waals surface area contributed by atoms with Gasteiger partial charge in [0.1, 0.15) is 5.37 Å². The molecule has 1 heterocycles. The van der Waals surface area contributed by atoms with Crippen molar-refractivity contribution >= 4 is 17.7 Å². The Morgan fingerprint density at radius 3 is 2.76 bits per heavy atom. The molecule has 1 amide bonds. The summed E-state index contributed by atoms with van der Waals surface area (Å²) in [5, 5.41) is -0.307. The predicted molar refractivity (Wildman–Crippen MR) is 77.8 cm³/mol. The average molecular weight is 317 g/mol. The van der Waals surface area contributed by atoms with Crippen molar-refractivity contribution in [3.05, 3.63) is 35.4 Å². The highest BCUT2D eigenvalue weighted by Gasteiger charge is 2.34. The van der Waals surface area contributed by atoms with Crippen molar-refractivity contribution in [2.45, 2.75) is 31.8 Å². The van der Waals surface area contributed by atoms with E-state index >= 15 is 0 Å². The van der Waals surface area contributed by atoms with Crippen LogP contribution >= 0.6 is 11.8 Å². The first kappa shape index (κ1) is 16.2. The summed E-state index contributed by atoms with van der Waals surface area (Å²) in [4.78, 5) is 13.9. The molecular formula is C15H18F3NOS. The number of carbonyl (C=O) groups is 1. The van der Waals surface area contributed by atoms with Crippen molar-refractivity contribution in [3.63, 3.8) is 0 Å². The molecule has 21 heavy (non-hydrogen) atoms. The fourth-order valence-electron chi connectivity index (χ4n) is 2.34. The molecule has 0 unspecified atom stereocenters. The Morgan fingerprint density at radius 2 is 2.14 bits per heavy atom. The van der Waals surface area contributed by atoms with Gasteiger partial charge < -0.3 is 4.90 Å². The van der Waals surface area contributed by atoms with Crippen LogP contribution in [-0.4, -0.2) is 23.1 Å². The van der Waals surface area contributed by atoms with Crippen molar-refractivity contribution in [1.29, 1.82) is 0 Å². The van der Waals surface area contributed by atoms with Gasteiger partial charge in [-0.25, -0.2) is 0 Å². The molecule has 1 aromatic carbocycles. The molecule has 1 aliphatic rings. The second-order valence-electron chi connectivity index (χ2n) is 5.53. The lowest BCUT2D eigenvalue weighted by Crippen LogP contribution is -2.31. The summed E-state index contributed by atoms with van der Waals surface area (Å²) in [6.07, 6.45) is -3.93. The number of nitrogens with zero attached hydrogens (tertiary/aromatic N) is 1. The summed E-state index contributed by atoms with van der Waals surface area (Å²) in [7, 11) is 0. The molecule has 116 valence electrons. The van der Waals surface area contributed by atoms with Crippen molar-refractivity contribution in [3.8, 4) is 0 Å². The number of halogens is 3. The zero-order chi connectivity index (χ0) is 15.6. The number of carbonyl (C=O) groups excluding carboxylic acids is 1. The van der Waals surface area contributed by atoms with Crippen LogP contribution in [0.25, 0.3) is 0 Å². The lowest BCUT2D eigenvalue weighted by molar-refractivity contribution is -0.137. The van der Waals surface area contributed by atoms with E-state index in [0.717, 1.165) is 17.9 Å². The average Bonchev–Trinajstić information content (AvgIpc) is 2.86. The van der Waals surface area contributed by atoms with E-state index in [0.29, 0.717) is 18.5 Å². The molecule has 0 saturated carbocycles. The summed E-state index contributed by atoms with van der Waals surface area (Å²) >= 11 is 1.52. The van der Waals surface area contributed by atoms with Gasteiger partial charge >= 0.3 is 6.18 Å². The van der Waals surface area contributed by atoms with Gasteiger partial charge in [-0.2, -0.15) is 13.2 Å². The van der Waals surface area contributed by atoms with E-state index in [1.54, 1.807) is 11.0 Å². The van der Waals surface area contributed by atoms with Crippen molar-refractivity contribution in [2.24, 2.45) is 5.92 Å². The highest BCUT2D eigenvalue weighted by atomic mass is 32.2. The molecule has 1 aliphatic heterocycles. The molecule has 1 atom stereocenters. The lowest BCUT2D eigenvalue weighted by atomic mass is 10.1. The summed E-state index contributed by atoms with van der Waals surface area (Å²) < 4.78 is 38.4. The summed E-state index contributed by atoms with van der Waals surface area (Å²) in [6, 6.07) is 5.28. The van der Waals surface area contributed by atoms with E-state index in [-0.39, 0.29) is 17.2 Å². The molecule has 1 aromatic rings. The van der Waals surface area contributed by atoms with Crippen LogP contribution in [0.5, 0.6) is 0 Å². The van der Waals surface area contributed by atoms with Crippen LogP contribution in [0, 0.1) is 5.92 Å². The van der Waals surface area contributed by atoms with Gasteiger partial charge in [-0.15, -0.1) is 11.8 Å². The normalized spacial score (nSPS) is 19.3. The van der Waals surface area contributed by atoms with Gasteiger partial charge in [-0.05, 0) is 23.6 Å². The summed E-state index contributed by atoms with van der Waals surface area (Å²) in [6.45, 7) is 4.51. The SMILES string of the molecule is CC(C)CC(=O)N1CCS[C@@H]1c1cccc(C(F)(F)F)c1. The number of thioether (sulfide) groups is 1. The lowest BCUT2D eigenvalue weighted by Gasteiger charge is -2.25. The minimum absolute atomic E-state index is 0.0115. The minimum atomic E-state index is -4.36. The van der Waals surface area contributed by atoms with E-state index in [1.165, 1.54) is 17.8 Å². The zero-order valence-corrected chi connectivity index (χ0v) is 12.8. The predicted octanol–water partition coefficient (Wildman–Crippen LogP) is 4.33. The van der Waals surface area contributed by atoms with E-state index in [9.17, 15) is 18.0 Å². The van der Waals surface area contributed by atoms with Crippen molar-refractivity contribution < 1.29 is 18.0 Å². The molecule has 6 heteroatoms. The maximum absolute atomic E-state index is 12.8.